The molecule has 6 aliphatic rings. The van der Waals surface area contributed by atoms with E-state index in [2.05, 4.69) is 61.5 Å². The highest BCUT2D eigenvalue weighted by Crippen LogP contribution is 2.75. The molecule has 0 aromatic carbocycles. The van der Waals surface area contributed by atoms with Gasteiger partial charge in [0, 0.05) is 5.41 Å². The third-order valence-electron chi connectivity index (χ3n) is 15.2. The fourth-order valence-corrected chi connectivity index (χ4v) is 12.2. The molecule has 4 saturated carbocycles. The maximum Gasteiger partial charge on any atom is 0.186 e. The molecule has 6 rings (SSSR count). The fourth-order valence-electron chi connectivity index (χ4n) is 12.2. The normalized spacial score (nSPS) is 55.7. The Kier molecular flexibility index (Phi) is 7.71. The van der Waals surface area contributed by atoms with Crippen LogP contribution < -0.4 is 0 Å². The van der Waals surface area contributed by atoms with Crippen molar-refractivity contribution >= 4 is 0 Å². The summed E-state index contributed by atoms with van der Waals surface area (Å²) < 4.78 is 12.3. The van der Waals surface area contributed by atoms with E-state index in [0.717, 1.165) is 57.8 Å². The summed E-state index contributed by atoms with van der Waals surface area (Å²) >= 11 is 0. The first-order valence-corrected chi connectivity index (χ1v) is 17.2. The quantitative estimate of drug-likeness (QED) is 0.228. The van der Waals surface area contributed by atoms with Gasteiger partial charge in [-0.05, 0) is 103 Å². The smallest absolute Gasteiger partial charge is 0.186 e. The van der Waals surface area contributed by atoms with Gasteiger partial charge in [-0.3, -0.25) is 0 Å². The van der Waals surface area contributed by atoms with Crippen molar-refractivity contribution in [2.75, 3.05) is 6.61 Å². The number of hydrogen-bond acceptors (Lipinski definition) is 7. The molecule has 43 heavy (non-hydrogen) atoms. The molecule has 0 aromatic rings. The van der Waals surface area contributed by atoms with Gasteiger partial charge in [0.2, 0.25) is 0 Å². The second-order valence-electron chi connectivity index (χ2n) is 18.1. The lowest BCUT2D eigenvalue weighted by atomic mass is 9.33. The van der Waals surface area contributed by atoms with Crippen molar-refractivity contribution in [2.45, 2.75) is 156 Å². The Morgan fingerprint density at radius 3 is 2.16 bits per heavy atom. The lowest BCUT2D eigenvalue weighted by Gasteiger charge is -2.71. The molecule has 5 fully saturated rings. The Labute approximate surface area is 259 Å². The third kappa shape index (κ3) is 4.45. The first-order chi connectivity index (χ1) is 19.9. The molecule has 0 amide bonds. The monoisotopic (exact) mass is 604 g/mol. The van der Waals surface area contributed by atoms with E-state index in [-0.39, 0.29) is 44.7 Å². The zero-order valence-corrected chi connectivity index (χ0v) is 28.0. The molecule has 0 radical (unpaired) electrons. The van der Waals surface area contributed by atoms with E-state index in [0.29, 0.717) is 17.8 Å². The summed E-state index contributed by atoms with van der Waals surface area (Å²) in [4.78, 5) is 0. The van der Waals surface area contributed by atoms with E-state index in [4.69, 9.17) is 9.47 Å². The van der Waals surface area contributed by atoms with Crippen molar-refractivity contribution in [1.82, 2.24) is 0 Å². The summed E-state index contributed by atoms with van der Waals surface area (Å²) in [5.41, 5.74) is 1.99. The van der Waals surface area contributed by atoms with Crippen LogP contribution in [0.3, 0.4) is 0 Å². The van der Waals surface area contributed by atoms with Crippen LogP contribution in [0.2, 0.25) is 0 Å². The molecule has 7 heteroatoms. The van der Waals surface area contributed by atoms with Crippen LogP contribution in [-0.2, 0) is 9.47 Å². The molecule has 7 nitrogen and oxygen atoms in total. The highest BCUT2D eigenvalue weighted by atomic mass is 16.7. The summed E-state index contributed by atoms with van der Waals surface area (Å²) in [6.45, 7) is 18.9. The van der Waals surface area contributed by atoms with Crippen molar-refractivity contribution in [3.05, 3.63) is 11.6 Å². The topological polar surface area (TPSA) is 120 Å². The minimum absolute atomic E-state index is 0.0348. The highest BCUT2D eigenvalue weighted by molar-refractivity contribution is 5.34. The SMILES string of the molecule is CC1(C)C[C@H](O)[C@]2(C)CC[C@]3(C)C(=CC[C@@H]4[C@@]5(C)CC[C@H](O[C@@H]6O[C@H](CO)[C@@H](O)[C@H](O)[C@H]6O)C(C)(C)[C@@H]5CC[C@]43C)[C@@H]2C1. The van der Waals surface area contributed by atoms with Gasteiger partial charge in [-0.1, -0.05) is 67.0 Å². The minimum Gasteiger partial charge on any atom is -0.394 e. The summed E-state index contributed by atoms with van der Waals surface area (Å²) in [7, 11) is 0. The van der Waals surface area contributed by atoms with Crippen LogP contribution in [0.15, 0.2) is 11.6 Å². The van der Waals surface area contributed by atoms with Crippen molar-refractivity contribution in [3.63, 3.8) is 0 Å². The van der Waals surface area contributed by atoms with Crippen molar-refractivity contribution in [1.29, 1.82) is 0 Å². The van der Waals surface area contributed by atoms with E-state index in [9.17, 15) is 25.5 Å². The van der Waals surface area contributed by atoms with Gasteiger partial charge in [0.05, 0.1) is 18.8 Å². The number of ether oxygens (including phenoxy) is 2. The summed E-state index contributed by atoms with van der Waals surface area (Å²) in [5.74, 6) is 1.41. The molecule has 5 N–H and O–H groups in total. The van der Waals surface area contributed by atoms with Gasteiger partial charge >= 0.3 is 0 Å². The Morgan fingerprint density at radius 1 is 0.791 bits per heavy atom. The summed E-state index contributed by atoms with van der Waals surface area (Å²) in [5, 5.41) is 52.5. The van der Waals surface area contributed by atoms with Crippen LogP contribution in [0.25, 0.3) is 0 Å². The molecule has 0 aromatic heterocycles. The largest absolute Gasteiger partial charge is 0.394 e. The Morgan fingerprint density at radius 2 is 1.49 bits per heavy atom. The van der Waals surface area contributed by atoms with E-state index in [1.54, 1.807) is 5.57 Å². The van der Waals surface area contributed by atoms with Crippen molar-refractivity contribution < 1.29 is 35.0 Å². The van der Waals surface area contributed by atoms with Crippen LogP contribution in [-0.4, -0.2) is 75.1 Å². The molecule has 5 aliphatic carbocycles. The van der Waals surface area contributed by atoms with Crippen molar-refractivity contribution in [3.8, 4) is 0 Å². The zero-order chi connectivity index (χ0) is 31.5. The molecule has 246 valence electrons. The molecule has 1 saturated heterocycles. The van der Waals surface area contributed by atoms with Crippen LogP contribution in [0, 0.1) is 50.2 Å². The van der Waals surface area contributed by atoms with Crippen LogP contribution in [0.4, 0.5) is 0 Å². The lowest BCUT2D eigenvalue weighted by molar-refractivity contribution is -0.330. The van der Waals surface area contributed by atoms with E-state index < -0.39 is 37.3 Å². The summed E-state index contributed by atoms with van der Waals surface area (Å²) in [6, 6.07) is 0. The average molecular weight is 605 g/mol. The minimum atomic E-state index is -1.43. The van der Waals surface area contributed by atoms with Crippen LogP contribution in [0.5, 0.6) is 0 Å². The van der Waals surface area contributed by atoms with Gasteiger partial charge in [-0.15, -0.1) is 0 Å². The number of rotatable bonds is 3. The molecule has 0 spiro atoms. The van der Waals surface area contributed by atoms with Gasteiger partial charge < -0.3 is 35.0 Å². The van der Waals surface area contributed by atoms with Crippen LogP contribution in [0.1, 0.15) is 113 Å². The molecule has 14 atom stereocenters. The van der Waals surface area contributed by atoms with E-state index in [1.807, 2.05) is 0 Å². The maximum absolute atomic E-state index is 11.4. The number of aliphatic hydroxyl groups excluding tert-OH is 5. The number of allylic oxidation sites excluding steroid dienone is 2. The second-order valence-corrected chi connectivity index (χ2v) is 18.1. The standard InChI is InChI=1S/C36H60O7/c1-31(2)17-21-20-9-10-24-34(6)13-12-26(43-30-29(41)28(40)27(39)22(19-37)42-30)32(3,4)23(34)11-14-36(24,8)35(20,7)16-15-33(21,5)25(38)18-31/h9,21-30,37-41H,10-19H2,1-8H3/t21-,22+,23-,24+,25-,26-,27+,28-,29+,30-,33+,34-,35+,36+/m0/s1. The average Bonchev–Trinajstić information content (AvgIpc) is 2.92. The van der Waals surface area contributed by atoms with Gasteiger partial charge in [-0.2, -0.15) is 0 Å². The number of aliphatic hydroxyl groups is 5. The van der Waals surface area contributed by atoms with Gasteiger partial charge in [0.1, 0.15) is 24.4 Å². The Hall–Kier alpha value is -0.540. The highest BCUT2D eigenvalue weighted by Gasteiger charge is 2.69. The van der Waals surface area contributed by atoms with Gasteiger partial charge in [-0.25, -0.2) is 0 Å². The maximum atomic E-state index is 11.4. The predicted octanol–water partition coefficient (Wildman–Crippen LogP) is 4.96. The number of fused-ring (bicyclic) bond motifs is 7. The Balaban J connectivity index is 1.28. The number of hydrogen-bond donors (Lipinski definition) is 5. The molecular weight excluding hydrogens is 544 g/mol. The third-order valence-corrected chi connectivity index (χ3v) is 15.2. The Bertz CT molecular complexity index is 1120. The van der Waals surface area contributed by atoms with Crippen molar-refractivity contribution in [2.24, 2.45) is 50.2 Å². The fraction of sp³-hybridized carbons (Fsp3) is 0.944. The predicted molar refractivity (Wildman–Crippen MR) is 165 cm³/mol. The van der Waals surface area contributed by atoms with E-state index >= 15 is 0 Å². The molecule has 1 heterocycles. The van der Waals surface area contributed by atoms with E-state index in [1.165, 1.54) is 0 Å². The molecule has 1 aliphatic heterocycles. The van der Waals surface area contributed by atoms with Gasteiger partial charge in [0.25, 0.3) is 0 Å². The first-order valence-electron chi connectivity index (χ1n) is 17.2. The molecule has 0 bridgehead atoms. The first kappa shape index (κ1) is 32.4. The lowest BCUT2D eigenvalue weighted by Crippen LogP contribution is -2.66. The van der Waals surface area contributed by atoms with Crippen LogP contribution >= 0.6 is 0 Å². The second kappa shape index (κ2) is 10.2. The van der Waals surface area contributed by atoms with Gasteiger partial charge in [0.15, 0.2) is 6.29 Å². The summed E-state index contributed by atoms with van der Waals surface area (Å²) in [6.07, 6.45) is 5.47. The zero-order valence-electron chi connectivity index (χ0n) is 28.0. The molecular formula is C36H60O7. The molecule has 0 unspecified atom stereocenters.